The highest BCUT2D eigenvalue weighted by Gasteiger charge is 2.27. The first kappa shape index (κ1) is 20.3. The first-order valence-electron chi connectivity index (χ1n) is 8.66. The molecule has 27 heavy (non-hydrogen) atoms. The van der Waals surface area contributed by atoms with Crippen LogP contribution in [0.3, 0.4) is 0 Å². The minimum absolute atomic E-state index is 0.0888. The summed E-state index contributed by atoms with van der Waals surface area (Å²) in [4.78, 5) is 12.8. The number of rotatable bonds is 4. The summed E-state index contributed by atoms with van der Waals surface area (Å²) >= 11 is 9.59. The van der Waals surface area contributed by atoms with Crippen molar-refractivity contribution >= 4 is 49.1 Å². The van der Waals surface area contributed by atoms with Crippen LogP contribution in [-0.4, -0.2) is 31.7 Å². The van der Waals surface area contributed by atoms with Gasteiger partial charge in [0.15, 0.2) is 0 Å². The van der Waals surface area contributed by atoms with E-state index in [9.17, 15) is 13.2 Å². The molecule has 1 aliphatic heterocycles. The molecular formula is C19H20BrClN2O3S. The van der Waals surface area contributed by atoms with Gasteiger partial charge in [-0.3, -0.25) is 4.79 Å². The zero-order valence-corrected chi connectivity index (χ0v) is 18.0. The summed E-state index contributed by atoms with van der Waals surface area (Å²) in [5.74, 6) is -0.447. The molecule has 0 bridgehead atoms. The average Bonchev–Trinajstić information content (AvgIpc) is 2.65. The van der Waals surface area contributed by atoms with Crippen molar-refractivity contribution in [3.05, 3.63) is 57.0 Å². The molecule has 3 rings (SSSR count). The number of sulfonamides is 1. The number of carbonyl (C=O) groups excluding carboxylic acids is 1. The molecule has 1 saturated heterocycles. The number of aryl methyl sites for hydroxylation is 1. The summed E-state index contributed by atoms with van der Waals surface area (Å²) in [6.07, 6.45) is 2.74. The second-order valence-electron chi connectivity index (χ2n) is 6.52. The Balaban J connectivity index is 1.88. The van der Waals surface area contributed by atoms with Crippen molar-refractivity contribution in [2.24, 2.45) is 0 Å². The number of hydrogen-bond donors (Lipinski definition) is 1. The maximum atomic E-state index is 12.9. The van der Waals surface area contributed by atoms with Gasteiger partial charge in [-0.15, -0.1) is 0 Å². The Labute approximate surface area is 172 Å². The quantitative estimate of drug-likeness (QED) is 0.694. The van der Waals surface area contributed by atoms with Crippen LogP contribution >= 0.6 is 27.5 Å². The third-order valence-corrected chi connectivity index (χ3v) is 7.67. The van der Waals surface area contributed by atoms with Crippen molar-refractivity contribution in [1.29, 1.82) is 0 Å². The van der Waals surface area contributed by atoms with Crippen molar-refractivity contribution in [2.45, 2.75) is 31.1 Å². The maximum absolute atomic E-state index is 12.9. The lowest BCUT2D eigenvalue weighted by Crippen LogP contribution is -2.35. The van der Waals surface area contributed by atoms with Gasteiger partial charge in [0.1, 0.15) is 0 Å². The minimum Gasteiger partial charge on any atom is -0.322 e. The standard InChI is InChI=1S/C19H20BrClN2O3S/c1-13-11-14(5-7-17(13)20)22-19(24)16-12-15(6-8-18(16)21)27(25,26)23-9-3-2-4-10-23/h5-8,11-12H,2-4,9-10H2,1H3,(H,22,24). The molecule has 0 saturated carbocycles. The lowest BCUT2D eigenvalue weighted by Gasteiger charge is -2.26. The van der Waals surface area contributed by atoms with E-state index in [0.29, 0.717) is 18.8 Å². The van der Waals surface area contributed by atoms with Crippen molar-refractivity contribution in [1.82, 2.24) is 4.31 Å². The van der Waals surface area contributed by atoms with E-state index < -0.39 is 15.9 Å². The van der Waals surface area contributed by atoms with Gasteiger partial charge in [0.05, 0.1) is 15.5 Å². The molecule has 144 valence electrons. The molecular weight excluding hydrogens is 452 g/mol. The van der Waals surface area contributed by atoms with Gasteiger partial charge >= 0.3 is 0 Å². The van der Waals surface area contributed by atoms with E-state index in [1.165, 1.54) is 22.5 Å². The van der Waals surface area contributed by atoms with E-state index in [0.717, 1.165) is 29.3 Å². The van der Waals surface area contributed by atoms with E-state index >= 15 is 0 Å². The van der Waals surface area contributed by atoms with Crippen LogP contribution in [-0.2, 0) is 10.0 Å². The Hall–Kier alpha value is -1.41. The molecule has 1 aliphatic rings. The van der Waals surface area contributed by atoms with Gasteiger partial charge in [0.25, 0.3) is 5.91 Å². The molecule has 0 spiro atoms. The molecule has 5 nitrogen and oxygen atoms in total. The summed E-state index contributed by atoms with van der Waals surface area (Å²) in [5, 5.41) is 2.98. The molecule has 2 aromatic carbocycles. The fourth-order valence-electron chi connectivity index (χ4n) is 3.01. The number of hydrogen-bond acceptors (Lipinski definition) is 3. The predicted octanol–water partition coefficient (Wildman–Crippen LogP) is 4.84. The van der Waals surface area contributed by atoms with Crippen LogP contribution in [0.4, 0.5) is 5.69 Å². The van der Waals surface area contributed by atoms with E-state index in [-0.39, 0.29) is 15.5 Å². The molecule has 0 radical (unpaired) electrons. The Morgan fingerprint density at radius 3 is 2.48 bits per heavy atom. The molecule has 1 heterocycles. The zero-order chi connectivity index (χ0) is 19.6. The highest BCUT2D eigenvalue weighted by atomic mass is 79.9. The van der Waals surface area contributed by atoms with Crippen molar-refractivity contribution in [3.63, 3.8) is 0 Å². The predicted molar refractivity (Wildman–Crippen MR) is 111 cm³/mol. The monoisotopic (exact) mass is 470 g/mol. The molecule has 8 heteroatoms. The summed E-state index contributed by atoms with van der Waals surface area (Å²) in [7, 11) is -3.63. The molecule has 1 amide bonds. The van der Waals surface area contributed by atoms with E-state index in [1.54, 1.807) is 6.07 Å². The number of carbonyl (C=O) groups is 1. The summed E-state index contributed by atoms with van der Waals surface area (Å²) in [6.45, 7) is 2.92. The molecule has 0 unspecified atom stereocenters. The Morgan fingerprint density at radius 1 is 1.11 bits per heavy atom. The topological polar surface area (TPSA) is 66.5 Å². The van der Waals surface area contributed by atoms with Crippen LogP contribution in [0.5, 0.6) is 0 Å². The first-order chi connectivity index (χ1) is 12.8. The third-order valence-electron chi connectivity index (χ3n) is 4.55. The minimum atomic E-state index is -3.63. The molecule has 2 aromatic rings. The molecule has 1 fully saturated rings. The first-order valence-corrected chi connectivity index (χ1v) is 11.3. The molecule has 1 N–H and O–H groups in total. The average molecular weight is 472 g/mol. The van der Waals surface area contributed by atoms with Crippen molar-refractivity contribution < 1.29 is 13.2 Å². The highest BCUT2D eigenvalue weighted by molar-refractivity contribution is 9.10. The number of nitrogens with zero attached hydrogens (tertiary/aromatic N) is 1. The number of nitrogens with one attached hydrogen (secondary N) is 1. The van der Waals surface area contributed by atoms with Crippen LogP contribution in [0.1, 0.15) is 35.2 Å². The Kier molecular flexibility index (Phi) is 6.25. The van der Waals surface area contributed by atoms with Gasteiger partial charge in [-0.05, 0) is 61.7 Å². The summed E-state index contributed by atoms with van der Waals surface area (Å²) in [6, 6.07) is 9.69. The van der Waals surface area contributed by atoms with Gasteiger partial charge < -0.3 is 5.32 Å². The lowest BCUT2D eigenvalue weighted by atomic mass is 10.2. The normalized spacial score (nSPS) is 15.5. The fraction of sp³-hybridized carbons (Fsp3) is 0.316. The number of piperidine rings is 1. The third kappa shape index (κ3) is 4.54. The zero-order valence-electron chi connectivity index (χ0n) is 14.8. The van der Waals surface area contributed by atoms with Crippen LogP contribution in [0, 0.1) is 6.92 Å². The summed E-state index contributed by atoms with van der Waals surface area (Å²) < 4.78 is 28.1. The van der Waals surface area contributed by atoms with Crippen LogP contribution < -0.4 is 5.32 Å². The van der Waals surface area contributed by atoms with Gasteiger partial charge in [0, 0.05) is 23.2 Å². The fourth-order valence-corrected chi connectivity index (χ4v) is 5.01. The number of benzene rings is 2. The number of anilines is 1. The molecule has 0 aromatic heterocycles. The van der Waals surface area contributed by atoms with Crippen molar-refractivity contribution in [2.75, 3.05) is 18.4 Å². The van der Waals surface area contributed by atoms with Gasteiger partial charge in [0.2, 0.25) is 10.0 Å². The van der Waals surface area contributed by atoms with Crippen LogP contribution in [0.25, 0.3) is 0 Å². The SMILES string of the molecule is Cc1cc(NC(=O)c2cc(S(=O)(=O)N3CCCCC3)ccc2Cl)ccc1Br. The van der Waals surface area contributed by atoms with Crippen LogP contribution in [0.2, 0.25) is 5.02 Å². The lowest BCUT2D eigenvalue weighted by molar-refractivity contribution is 0.102. The largest absolute Gasteiger partial charge is 0.322 e. The van der Waals surface area contributed by atoms with Gasteiger partial charge in [-0.2, -0.15) is 4.31 Å². The highest BCUT2D eigenvalue weighted by Crippen LogP contribution is 2.26. The number of amides is 1. The van der Waals surface area contributed by atoms with Gasteiger partial charge in [-0.1, -0.05) is 34.0 Å². The van der Waals surface area contributed by atoms with E-state index in [2.05, 4.69) is 21.2 Å². The van der Waals surface area contributed by atoms with E-state index in [4.69, 9.17) is 11.6 Å². The molecule has 0 atom stereocenters. The Bertz CT molecular complexity index is 973. The van der Waals surface area contributed by atoms with Crippen LogP contribution in [0.15, 0.2) is 45.8 Å². The maximum Gasteiger partial charge on any atom is 0.257 e. The number of halogens is 2. The second-order valence-corrected chi connectivity index (χ2v) is 9.72. The van der Waals surface area contributed by atoms with Crippen molar-refractivity contribution in [3.8, 4) is 0 Å². The second kappa shape index (κ2) is 8.31. The molecule has 0 aliphatic carbocycles. The Morgan fingerprint density at radius 2 is 1.81 bits per heavy atom. The van der Waals surface area contributed by atoms with Gasteiger partial charge in [-0.25, -0.2) is 8.42 Å². The summed E-state index contributed by atoms with van der Waals surface area (Å²) in [5.41, 5.74) is 1.72. The van der Waals surface area contributed by atoms with E-state index in [1.807, 2.05) is 19.1 Å². The smallest absolute Gasteiger partial charge is 0.257 e.